The van der Waals surface area contributed by atoms with Gasteiger partial charge in [0.1, 0.15) is 12.3 Å². The first kappa shape index (κ1) is 22.7. The minimum absolute atomic E-state index is 0.0393. The van der Waals surface area contributed by atoms with Gasteiger partial charge in [-0.05, 0) is 61.4 Å². The molecule has 0 saturated carbocycles. The molecule has 6 rings (SSSR count). The fourth-order valence-electron chi connectivity index (χ4n) is 5.45. The summed E-state index contributed by atoms with van der Waals surface area (Å²) in [5.41, 5.74) is 14.4. The topological polar surface area (TPSA) is 74.9 Å². The first-order chi connectivity index (χ1) is 17.6. The van der Waals surface area contributed by atoms with E-state index in [1.807, 2.05) is 35.2 Å². The predicted molar refractivity (Wildman–Crippen MR) is 145 cm³/mol. The quantitative estimate of drug-likeness (QED) is 0.454. The van der Waals surface area contributed by atoms with E-state index >= 15 is 0 Å². The SMILES string of the molecule is Cc1cccc(N2CCN(C(=O)c3cccc(NC4Nc5ccccc5N5CNNC45)c3)CC2)c1C. The summed E-state index contributed by atoms with van der Waals surface area (Å²) in [4.78, 5) is 20.1. The molecule has 4 N–H and O–H groups in total. The van der Waals surface area contributed by atoms with Gasteiger partial charge in [0.05, 0.1) is 18.0 Å². The van der Waals surface area contributed by atoms with Crippen molar-refractivity contribution in [2.24, 2.45) is 0 Å². The molecule has 3 aromatic rings. The molecule has 2 unspecified atom stereocenters. The summed E-state index contributed by atoms with van der Waals surface area (Å²) < 4.78 is 0. The average molecular weight is 484 g/mol. The monoisotopic (exact) mass is 483 g/mol. The maximum atomic E-state index is 13.4. The van der Waals surface area contributed by atoms with Gasteiger partial charge in [0.25, 0.3) is 5.91 Å². The van der Waals surface area contributed by atoms with Crippen LogP contribution in [0.4, 0.5) is 22.7 Å². The molecule has 186 valence electrons. The molecule has 0 spiro atoms. The molecule has 0 radical (unpaired) electrons. The number of carbonyl (C=O) groups is 1. The number of nitrogens with one attached hydrogen (secondary N) is 4. The van der Waals surface area contributed by atoms with E-state index in [4.69, 9.17) is 0 Å². The molecule has 0 bridgehead atoms. The molecule has 3 heterocycles. The van der Waals surface area contributed by atoms with Crippen LogP contribution in [-0.4, -0.2) is 56.0 Å². The molecular weight excluding hydrogens is 450 g/mol. The predicted octanol–water partition coefficient (Wildman–Crippen LogP) is 3.33. The molecule has 2 atom stereocenters. The number of para-hydroxylation sites is 2. The summed E-state index contributed by atoms with van der Waals surface area (Å²) in [5.74, 6) is 0.0866. The van der Waals surface area contributed by atoms with Crippen molar-refractivity contribution in [3.8, 4) is 0 Å². The smallest absolute Gasteiger partial charge is 0.254 e. The van der Waals surface area contributed by atoms with Crippen LogP contribution in [-0.2, 0) is 0 Å². The molecule has 2 fully saturated rings. The van der Waals surface area contributed by atoms with Gasteiger partial charge in [0.15, 0.2) is 0 Å². The van der Waals surface area contributed by atoms with Crippen LogP contribution in [0.3, 0.4) is 0 Å². The van der Waals surface area contributed by atoms with E-state index in [-0.39, 0.29) is 18.2 Å². The second kappa shape index (κ2) is 9.37. The van der Waals surface area contributed by atoms with Gasteiger partial charge in [-0.15, -0.1) is 0 Å². The molecule has 1 amide bonds. The summed E-state index contributed by atoms with van der Waals surface area (Å²) >= 11 is 0. The maximum absolute atomic E-state index is 13.4. The van der Waals surface area contributed by atoms with E-state index in [1.54, 1.807) is 0 Å². The lowest BCUT2D eigenvalue weighted by molar-refractivity contribution is 0.0747. The van der Waals surface area contributed by atoms with Gasteiger partial charge in [-0.25, -0.2) is 10.9 Å². The highest BCUT2D eigenvalue weighted by Crippen LogP contribution is 2.34. The molecule has 2 saturated heterocycles. The van der Waals surface area contributed by atoms with E-state index in [9.17, 15) is 4.79 Å². The fourth-order valence-corrected chi connectivity index (χ4v) is 5.45. The number of fused-ring (bicyclic) bond motifs is 3. The molecule has 3 aliphatic rings. The molecule has 0 aliphatic carbocycles. The lowest BCUT2D eigenvalue weighted by Crippen LogP contribution is -2.56. The van der Waals surface area contributed by atoms with E-state index in [1.165, 1.54) is 22.5 Å². The summed E-state index contributed by atoms with van der Waals surface area (Å²) in [6.07, 6.45) is -0.0289. The van der Waals surface area contributed by atoms with Crippen LogP contribution in [0.1, 0.15) is 21.5 Å². The van der Waals surface area contributed by atoms with Gasteiger partial charge in [0.2, 0.25) is 0 Å². The number of nitrogens with zero attached hydrogens (tertiary/aromatic N) is 3. The van der Waals surface area contributed by atoms with E-state index < -0.39 is 0 Å². The van der Waals surface area contributed by atoms with Crippen molar-refractivity contribution in [2.75, 3.05) is 53.3 Å². The molecular formula is C28H33N7O. The van der Waals surface area contributed by atoms with Crippen LogP contribution in [0.15, 0.2) is 66.7 Å². The number of piperazine rings is 1. The van der Waals surface area contributed by atoms with Crippen molar-refractivity contribution < 1.29 is 4.79 Å². The summed E-state index contributed by atoms with van der Waals surface area (Å²) in [6.45, 7) is 8.18. The Hall–Kier alpha value is -3.75. The van der Waals surface area contributed by atoms with E-state index in [2.05, 4.69) is 81.5 Å². The highest BCUT2D eigenvalue weighted by atomic mass is 16.2. The van der Waals surface area contributed by atoms with Crippen LogP contribution in [0.5, 0.6) is 0 Å². The number of amides is 1. The summed E-state index contributed by atoms with van der Waals surface area (Å²) in [5, 5.41) is 7.20. The second-order valence-corrected chi connectivity index (χ2v) is 9.76. The number of hydrogen-bond acceptors (Lipinski definition) is 7. The third-order valence-electron chi connectivity index (χ3n) is 7.59. The number of carbonyl (C=O) groups excluding carboxylic acids is 1. The lowest BCUT2D eigenvalue weighted by Gasteiger charge is -2.40. The summed E-state index contributed by atoms with van der Waals surface area (Å²) in [6, 6.07) is 22.6. The van der Waals surface area contributed by atoms with Gasteiger partial charge in [-0.1, -0.05) is 30.3 Å². The Morgan fingerprint density at radius 3 is 2.56 bits per heavy atom. The zero-order chi connectivity index (χ0) is 24.6. The van der Waals surface area contributed by atoms with Crippen LogP contribution in [0.2, 0.25) is 0 Å². The Bertz CT molecular complexity index is 1270. The molecule has 3 aliphatic heterocycles. The van der Waals surface area contributed by atoms with Gasteiger partial charge < -0.3 is 25.3 Å². The Kier molecular flexibility index (Phi) is 5.91. The van der Waals surface area contributed by atoms with Crippen molar-refractivity contribution in [3.63, 3.8) is 0 Å². The van der Waals surface area contributed by atoms with Crippen molar-refractivity contribution in [1.29, 1.82) is 0 Å². The fraction of sp³-hybridized carbons (Fsp3) is 0.321. The average Bonchev–Trinajstić information content (AvgIpc) is 3.41. The van der Waals surface area contributed by atoms with E-state index in [0.717, 1.165) is 44.2 Å². The van der Waals surface area contributed by atoms with Gasteiger partial charge in [-0.3, -0.25) is 4.79 Å². The minimum Gasteiger partial charge on any atom is -0.368 e. The van der Waals surface area contributed by atoms with Crippen LogP contribution in [0, 0.1) is 13.8 Å². The summed E-state index contributed by atoms with van der Waals surface area (Å²) in [7, 11) is 0. The van der Waals surface area contributed by atoms with Crippen molar-refractivity contribution in [2.45, 2.75) is 26.2 Å². The van der Waals surface area contributed by atoms with Gasteiger partial charge >= 0.3 is 0 Å². The zero-order valence-corrected chi connectivity index (χ0v) is 20.8. The second-order valence-electron chi connectivity index (χ2n) is 9.76. The number of benzene rings is 3. The van der Waals surface area contributed by atoms with Gasteiger partial charge in [0, 0.05) is 43.1 Å². The standard InChI is InChI=1S/C28H33N7O/c1-19-7-5-12-24(20(19)2)33-13-15-34(16-14-33)28(36)21-8-6-9-22(17-21)30-26-27-32-29-18-35(27)25-11-4-3-10-23(25)31-26/h3-12,17,26-27,29-32H,13-16,18H2,1-2H3. The Morgan fingerprint density at radius 1 is 0.917 bits per heavy atom. The Balaban J connectivity index is 1.13. The number of hydrazine groups is 1. The molecule has 3 aromatic carbocycles. The molecule has 36 heavy (non-hydrogen) atoms. The number of aryl methyl sites for hydroxylation is 1. The molecule has 8 nitrogen and oxygen atoms in total. The van der Waals surface area contributed by atoms with E-state index in [0.29, 0.717) is 5.56 Å². The molecule has 8 heteroatoms. The van der Waals surface area contributed by atoms with Crippen molar-refractivity contribution in [3.05, 3.63) is 83.4 Å². The molecule has 0 aromatic heterocycles. The number of hydrogen-bond donors (Lipinski definition) is 4. The highest BCUT2D eigenvalue weighted by Gasteiger charge is 2.37. The van der Waals surface area contributed by atoms with Crippen LogP contribution >= 0.6 is 0 Å². The first-order valence-corrected chi connectivity index (χ1v) is 12.7. The Morgan fingerprint density at radius 2 is 1.69 bits per heavy atom. The third kappa shape index (κ3) is 4.12. The maximum Gasteiger partial charge on any atom is 0.254 e. The number of anilines is 4. The van der Waals surface area contributed by atoms with Crippen molar-refractivity contribution in [1.82, 2.24) is 15.8 Å². The first-order valence-electron chi connectivity index (χ1n) is 12.7. The van der Waals surface area contributed by atoms with Crippen LogP contribution < -0.4 is 31.3 Å². The Labute approximate surface area is 212 Å². The largest absolute Gasteiger partial charge is 0.368 e. The number of rotatable bonds is 4. The van der Waals surface area contributed by atoms with Crippen LogP contribution in [0.25, 0.3) is 0 Å². The lowest BCUT2D eigenvalue weighted by atomic mass is 10.1. The minimum atomic E-state index is -0.0682. The zero-order valence-electron chi connectivity index (χ0n) is 20.8. The van der Waals surface area contributed by atoms with Gasteiger partial charge in [-0.2, -0.15) is 0 Å². The third-order valence-corrected chi connectivity index (χ3v) is 7.59. The highest BCUT2D eigenvalue weighted by molar-refractivity contribution is 5.95. The van der Waals surface area contributed by atoms with Crippen molar-refractivity contribution >= 4 is 28.7 Å². The normalized spacial score (nSPS) is 21.0.